The summed E-state index contributed by atoms with van der Waals surface area (Å²) < 4.78 is 5.02. The lowest BCUT2D eigenvalue weighted by molar-refractivity contribution is 0.380. The smallest absolute Gasteiger partial charge is 0.318 e. The Labute approximate surface area is 133 Å². The molecule has 0 radical (unpaired) electrons. The third-order valence-corrected chi connectivity index (χ3v) is 3.38. The second-order valence-electron chi connectivity index (χ2n) is 4.45. The molecule has 2 rings (SSSR count). The predicted molar refractivity (Wildman–Crippen MR) is 88.0 cm³/mol. The standard InChI is InChI=1S/C14H15ClN4OS/c1-19(13-11(15)7-17-14(18-13)20-2)8-9-4-3-5-10(6-9)12(16)21/h3-7H,8H2,1-2H3,(H2,16,21). The maximum absolute atomic E-state index is 6.13. The van der Waals surface area contributed by atoms with Gasteiger partial charge in [0.1, 0.15) is 10.0 Å². The summed E-state index contributed by atoms with van der Waals surface area (Å²) in [5, 5.41) is 0.462. The summed E-state index contributed by atoms with van der Waals surface area (Å²) in [5.74, 6) is 0.601. The molecule has 1 heterocycles. The number of hydrogen-bond acceptors (Lipinski definition) is 5. The molecular formula is C14H15ClN4OS. The first-order chi connectivity index (χ1) is 10.0. The fourth-order valence-electron chi connectivity index (χ4n) is 1.88. The van der Waals surface area contributed by atoms with E-state index >= 15 is 0 Å². The number of halogens is 1. The largest absolute Gasteiger partial charge is 0.467 e. The van der Waals surface area contributed by atoms with Crippen molar-refractivity contribution in [1.29, 1.82) is 0 Å². The van der Waals surface area contributed by atoms with Crippen LogP contribution in [-0.4, -0.2) is 29.1 Å². The van der Waals surface area contributed by atoms with Gasteiger partial charge in [-0.15, -0.1) is 0 Å². The van der Waals surface area contributed by atoms with Gasteiger partial charge in [-0.2, -0.15) is 4.98 Å². The fourth-order valence-corrected chi connectivity index (χ4v) is 2.24. The van der Waals surface area contributed by atoms with E-state index in [1.165, 1.54) is 13.3 Å². The van der Waals surface area contributed by atoms with Gasteiger partial charge in [0, 0.05) is 19.2 Å². The van der Waals surface area contributed by atoms with Crippen molar-refractivity contribution in [2.24, 2.45) is 5.73 Å². The molecule has 0 aliphatic rings. The lowest BCUT2D eigenvalue weighted by atomic mass is 10.1. The van der Waals surface area contributed by atoms with E-state index in [9.17, 15) is 0 Å². The Balaban J connectivity index is 2.23. The number of nitrogens with two attached hydrogens (primary N) is 1. The minimum absolute atomic E-state index is 0.276. The number of anilines is 1. The highest BCUT2D eigenvalue weighted by Gasteiger charge is 2.11. The predicted octanol–water partition coefficient (Wildman–Crippen LogP) is 2.41. The molecule has 0 fully saturated rings. The normalized spacial score (nSPS) is 10.2. The fraction of sp³-hybridized carbons (Fsp3) is 0.214. The van der Waals surface area contributed by atoms with Crippen LogP contribution in [-0.2, 0) is 6.54 Å². The molecule has 0 aliphatic carbocycles. The van der Waals surface area contributed by atoms with E-state index in [1.807, 2.05) is 36.2 Å². The summed E-state index contributed by atoms with van der Waals surface area (Å²) in [6, 6.07) is 8.01. The summed E-state index contributed by atoms with van der Waals surface area (Å²) in [5.41, 5.74) is 7.53. The topological polar surface area (TPSA) is 64.3 Å². The van der Waals surface area contributed by atoms with Crippen LogP contribution in [0.2, 0.25) is 5.02 Å². The highest BCUT2D eigenvalue weighted by Crippen LogP contribution is 2.24. The van der Waals surface area contributed by atoms with E-state index in [0.29, 0.717) is 22.4 Å². The molecule has 0 aliphatic heterocycles. The maximum Gasteiger partial charge on any atom is 0.318 e. The van der Waals surface area contributed by atoms with Crippen molar-refractivity contribution in [1.82, 2.24) is 9.97 Å². The van der Waals surface area contributed by atoms with Crippen LogP contribution in [0.5, 0.6) is 6.01 Å². The second-order valence-corrected chi connectivity index (χ2v) is 5.30. The first-order valence-corrected chi connectivity index (χ1v) is 6.96. The quantitative estimate of drug-likeness (QED) is 0.853. The third-order valence-electron chi connectivity index (χ3n) is 2.88. The van der Waals surface area contributed by atoms with Gasteiger partial charge < -0.3 is 15.4 Å². The van der Waals surface area contributed by atoms with Gasteiger partial charge in [-0.3, -0.25) is 0 Å². The molecule has 1 aromatic heterocycles. The third kappa shape index (κ3) is 3.80. The Kier molecular flexibility index (Phi) is 4.93. The van der Waals surface area contributed by atoms with E-state index in [-0.39, 0.29) is 6.01 Å². The monoisotopic (exact) mass is 322 g/mol. The van der Waals surface area contributed by atoms with Crippen molar-refractivity contribution in [3.63, 3.8) is 0 Å². The van der Waals surface area contributed by atoms with Crippen molar-refractivity contribution >= 4 is 34.6 Å². The molecule has 110 valence electrons. The van der Waals surface area contributed by atoms with Crippen LogP contribution in [0.3, 0.4) is 0 Å². The Morgan fingerprint density at radius 3 is 2.90 bits per heavy atom. The molecule has 0 atom stereocenters. The zero-order valence-electron chi connectivity index (χ0n) is 11.7. The lowest BCUT2D eigenvalue weighted by Gasteiger charge is -2.19. The molecule has 7 heteroatoms. The van der Waals surface area contributed by atoms with Crippen molar-refractivity contribution in [2.45, 2.75) is 6.54 Å². The summed E-state index contributed by atoms with van der Waals surface area (Å²) in [4.78, 5) is 10.5. The molecule has 0 amide bonds. The molecular weight excluding hydrogens is 308 g/mol. The summed E-state index contributed by atoms with van der Waals surface area (Å²) >= 11 is 11.1. The van der Waals surface area contributed by atoms with Crippen LogP contribution in [0, 0.1) is 0 Å². The Hall–Kier alpha value is -1.92. The number of ether oxygens (including phenoxy) is 1. The number of aromatic nitrogens is 2. The van der Waals surface area contributed by atoms with E-state index in [2.05, 4.69) is 9.97 Å². The highest BCUT2D eigenvalue weighted by atomic mass is 35.5. The minimum Gasteiger partial charge on any atom is -0.467 e. The Bertz CT molecular complexity index is 665. The molecule has 0 saturated carbocycles. The van der Waals surface area contributed by atoms with Crippen LogP contribution in [0.1, 0.15) is 11.1 Å². The molecule has 1 aromatic carbocycles. The maximum atomic E-state index is 6.13. The van der Waals surface area contributed by atoms with E-state index in [0.717, 1.165) is 11.1 Å². The molecule has 0 spiro atoms. The van der Waals surface area contributed by atoms with E-state index in [1.54, 1.807) is 0 Å². The SMILES string of the molecule is COc1ncc(Cl)c(N(C)Cc2cccc(C(N)=S)c2)n1. The van der Waals surface area contributed by atoms with Gasteiger partial charge in [0.15, 0.2) is 5.82 Å². The summed E-state index contributed by atoms with van der Waals surface area (Å²) in [6.45, 7) is 0.607. The molecule has 21 heavy (non-hydrogen) atoms. The van der Waals surface area contributed by atoms with Gasteiger partial charge in [-0.25, -0.2) is 4.98 Å². The van der Waals surface area contributed by atoms with Gasteiger partial charge >= 0.3 is 6.01 Å². The molecule has 2 N–H and O–H groups in total. The van der Waals surface area contributed by atoms with Crippen LogP contribution >= 0.6 is 23.8 Å². The second kappa shape index (κ2) is 6.69. The zero-order valence-corrected chi connectivity index (χ0v) is 13.3. The molecule has 2 aromatic rings. The van der Waals surface area contributed by atoms with Crippen molar-refractivity contribution in [2.75, 3.05) is 19.1 Å². The molecule has 5 nitrogen and oxygen atoms in total. The highest BCUT2D eigenvalue weighted by molar-refractivity contribution is 7.80. The number of benzene rings is 1. The minimum atomic E-state index is 0.276. The lowest BCUT2D eigenvalue weighted by Crippen LogP contribution is -2.19. The van der Waals surface area contributed by atoms with Crippen molar-refractivity contribution in [3.8, 4) is 6.01 Å². The first-order valence-electron chi connectivity index (χ1n) is 6.17. The molecule has 0 unspecified atom stereocenters. The summed E-state index contributed by atoms with van der Waals surface area (Å²) in [6.07, 6.45) is 1.52. The number of hydrogen-bond donors (Lipinski definition) is 1. The Morgan fingerprint density at radius 2 is 2.24 bits per heavy atom. The average molecular weight is 323 g/mol. The van der Waals surface area contributed by atoms with Gasteiger partial charge in [-0.05, 0) is 11.6 Å². The van der Waals surface area contributed by atoms with Crippen molar-refractivity contribution in [3.05, 3.63) is 46.6 Å². The number of rotatable bonds is 5. The van der Waals surface area contributed by atoms with Crippen LogP contribution in [0.25, 0.3) is 0 Å². The molecule has 0 bridgehead atoms. The van der Waals surface area contributed by atoms with Gasteiger partial charge in [-0.1, -0.05) is 42.0 Å². The van der Waals surface area contributed by atoms with Crippen LogP contribution in [0.4, 0.5) is 5.82 Å². The van der Waals surface area contributed by atoms with Gasteiger partial charge in [0.2, 0.25) is 0 Å². The van der Waals surface area contributed by atoms with Gasteiger partial charge in [0.25, 0.3) is 0 Å². The van der Waals surface area contributed by atoms with Crippen molar-refractivity contribution < 1.29 is 4.74 Å². The average Bonchev–Trinajstić information content (AvgIpc) is 2.48. The van der Waals surface area contributed by atoms with E-state index in [4.69, 9.17) is 34.3 Å². The van der Waals surface area contributed by atoms with Crippen LogP contribution < -0.4 is 15.4 Å². The van der Waals surface area contributed by atoms with Gasteiger partial charge in [0.05, 0.1) is 13.3 Å². The summed E-state index contributed by atoms with van der Waals surface area (Å²) in [7, 11) is 3.40. The molecule has 0 saturated heterocycles. The number of methoxy groups -OCH3 is 1. The Morgan fingerprint density at radius 1 is 1.48 bits per heavy atom. The number of thiocarbonyl (C=S) groups is 1. The van der Waals surface area contributed by atoms with E-state index < -0.39 is 0 Å². The zero-order chi connectivity index (χ0) is 15.4. The number of nitrogens with zero attached hydrogens (tertiary/aromatic N) is 3. The van der Waals surface area contributed by atoms with Crippen LogP contribution in [0.15, 0.2) is 30.5 Å². The first kappa shape index (κ1) is 15.5.